The number of aromatic nitrogens is 1. The van der Waals surface area contributed by atoms with E-state index < -0.39 is 0 Å². The maximum Gasteiger partial charge on any atom is 0.375 e. The molecule has 5 aromatic carbocycles. The van der Waals surface area contributed by atoms with Crippen LogP contribution in [0.25, 0.3) is 43.9 Å². The van der Waals surface area contributed by atoms with Crippen LogP contribution in [0.15, 0.2) is 77.2 Å². The summed E-state index contributed by atoms with van der Waals surface area (Å²) in [5, 5.41) is 3.90. The summed E-state index contributed by atoms with van der Waals surface area (Å²) < 4.78 is 10.3. The predicted molar refractivity (Wildman–Crippen MR) is 262 cm³/mol. The summed E-state index contributed by atoms with van der Waals surface area (Å²) in [5.74, 6) is 0. The number of hydrogen-bond acceptors (Lipinski definition) is 2. The van der Waals surface area contributed by atoms with Gasteiger partial charge in [0.05, 0.1) is 5.69 Å². The summed E-state index contributed by atoms with van der Waals surface area (Å²) in [4.78, 5) is 2.63. The Labute approximate surface area is 365 Å². The Morgan fingerprint density at radius 3 is 1.79 bits per heavy atom. The average molecular weight is 805 g/mol. The summed E-state index contributed by atoms with van der Waals surface area (Å²) in [6, 6.07) is 29.7. The Balaban J connectivity index is 1.31. The van der Waals surface area contributed by atoms with Gasteiger partial charge in [-0.25, -0.2) is 0 Å². The normalized spacial score (nSPS) is 19.3. The minimum absolute atomic E-state index is 0.0240. The van der Waals surface area contributed by atoms with Gasteiger partial charge < -0.3 is 13.8 Å². The zero-order chi connectivity index (χ0) is 43.3. The first-order valence-corrected chi connectivity index (χ1v) is 23.2. The summed E-state index contributed by atoms with van der Waals surface area (Å²) in [6.45, 7) is 35.8. The second-order valence-electron chi connectivity index (χ2n) is 24.5. The molecule has 0 saturated carbocycles. The molecule has 0 atom stereocenters. The number of aryl methyl sites for hydroxylation is 1. The number of fused-ring (bicyclic) bond motifs is 11. The molecule has 0 spiro atoms. The molecule has 4 aliphatic rings. The molecule has 0 saturated heterocycles. The molecule has 2 aliphatic carbocycles. The molecular formula is C57H65BN2O. The van der Waals surface area contributed by atoms with Crippen LogP contribution in [-0.2, 0) is 32.5 Å². The van der Waals surface area contributed by atoms with Crippen molar-refractivity contribution in [3.8, 4) is 11.1 Å². The Kier molecular flexibility index (Phi) is 7.61. The average Bonchev–Trinajstić information content (AvgIpc) is 3.71. The minimum Gasteiger partial charge on any atom is -0.466 e. The first kappa shape index (κ1) is 39.2. The molecule has 2 aliphatic heterocycles. The van der Waals surface area contributed by atoms with E-state index >= 15 is 0 Å². The molecule has 0 radical (unpaired) electrons. The van der Waals surface area contributed by atoms with Gasteiger partial charge in [-0.1, -0.05) is 115 Å². The van der Waals surface area contributed by atoms with E-state index in [1.165, 1.54) is 125 Å². The lowest BCUT2D eigenvalue weighted by molar-refractivity contribution is 0.332. The van der Waals surface area contributed by atoms with E-state index in [-0.39, 0.29) is 39.3 Å². The van der Waals surface area contributed by atoms with Gasteiger partial charge in [-0.15, -0.1) is 0 Å². The molecule has 4 heterocycles. The van der Waals surface area contributed by atoms with Crippen molar-refractivity contribution < 1.29 is 4.42 Å². The minimum atomic E-state index is -0.135. The second-order valence-corrected chi connectivity index (χ2v) is 24.5. The first-order chi connectivity index (χ1) is 28.4. The third kappa shape index (κ3) is 5.35. The lowest BCUT2D eigenvalue weighted by atomic mass is 9.47. The molecule has 0 unspecified atom stereocenters. The number of furan rings is 1. The molecule has 0 N–H and O–H groups in total. The maximum atomic E-state index is 7.59. The van der Waals surface area contributed by atoms with Crippen molar-refractivity contribution in [2.45, 2.75) is 162 Å². The van der Waals surface area contributed by atoms with Gasteiger partial charge in [0.1, 0.15) is 11.2 Å². The fraction of sp³-hybridized carbons (Fsp3) is 0.439. The summed E-state index contributed by atoms with van der Waals surface area (Å²) >= 11 is 0. The van der Waals surface area contributed by atoms with Gasteiger partial charge in [0.15, 0.2) is 0 Å². The number of rotatable bonds is 1. The fourth-order valence-electron chi connectivity index (χ4n) is 12.1. The molecule has 0 fully saturated rings. The first-order valence-electron chi connectivity index (χ1n) is 23.2. The molecule has 312 valence electrons. The van der Waals surface area contributed by atoms with Crippen LogP contribution in [0, 0.1) is 6.92 Å². The summed E-state index contributed by atoms with van der Waals surface area (Å²) in [5.41, 5.74) is 22.6. The fourth-order valence-corrected chi connectivity index (χ4v) is 12.1. The van der Waals surface area contributed by atoms with Crippen molar-refractivity contribution >= 4 is 67.8 Å². The zero-order valence-corrected chi connectivity index (χ0v) is 39.6. The van der Waals surface area contributed by atoms with Gasteiger partial charge in [0.25, 0.3) is 0 Å². The highest BCUT2D eigenvalue weighted by Crippen LogP contribution is 2.54. The van der Waals surface area contributed by atoms with E-state index in [9.17, 15) is 0 Å². The van der Waals surface area contributed by atoms with Crippen molar-refractivity contribution in [3.05, 3.63) is 112 Å². The van der Waals surface area contributed by atoms with Gasteiger partial charge in [0.2, 0.25) is 0 Å². The predicted octanol–water partition coefficient (Wildman–Crippen LogP) is 14.6. The SMILES string of the molecule is Cc1cc2c3c(c1)N(c1ccc4c(c1)C(C)(C)CCC4(C)C)c1c(oc4cc5c(cc14)C(C)(C)CCC5(C)C)B3n1c3ccc(C(C)(C)C)cc3c3cc(C(C)(C)C)cc-2c31. The third-order valence-corrected chi connectivity index (χ3v) is 16.2. The van der Waals surface area contributed by atoms with Crippen LogP contribution < -0.4 is 16.0 Å². The number of hydrogen-bond donors (Lipinski definition) is 0. The highest BCUT2D eigenvalue weighted by Gasteiger charge is 2.48. The van der Waals surface area contributed by atoms with Gasteiger partial charge in [-0.2, -0.15) is 0 Å². The molecular weight excluding hydrogens is 739 g/mol. The van der Waals surface area contributed by atoms with Crippen molar-refractivity contribution in [1.29, 1.82) is 0 Å². The lowest BCUT2D eigenvalue weighted by Gasteiger charge is -2.43. The maximum absolute atomic E-state index is 7.59. The summed E-state index contributed by atoms with van der Waals surface area (Å²) in [6.07, 6.45) is 4.71. The van der Waals surface area contributed by atoms with Gasteiger partial charge in [0, 0.05) is 44.1 Å². The van der Waals surface area contributed by atoms with Crippen LogP contribution in [0.1, 0.15) is 162 Å². The second kappa shape index (κ2) is 11.9. The van der Waals surface area contributed by atoms with Gasteiger partial charge in [-0.05, 0) is 170 Å². The van der Waals surface area contributed by atoms with Crippen LogP contribution in [0.2, 0.25) is 0 Å². The molecule has 0 bridgehead atoms. The zero-order valence-electron chi connectivity index (χ0n) is 39.6. The Bertz CT molecular complexity index is 3070. The number of benzene rings is 5. The molecule has 11 rings (SSSR count). The molecule has 7 aromatic rings. The van der Waals surface area contributed by atoms with E-state index in [2.05, 4.69) is 186 Å². The Morgan fingerprint density at radius 2 is 1.15 bits per heavy atom. The van der Waals surface area contributed by atoms with Crippen molar-refractivity contribution in [2.75, 3.05) is 4.90 Å². The number of nitrogens with zero attached hydrogens (tertiary/aromatic N) is 2. The van der Waals surface area contributed by atoms with Crippen LogP contribution in [-0.4, -0.2) is 11.3 Å². The van der Waals surface area contributed by atoms with Crippen molar-refractivity contribution in [2.24, 2.45) is 0 Å². The molecule has 0 amide bonds. The van der Waals surface area contributed by atoms with Crippen LogP contribution >= 0.6 is 0 Å². The van der Waals surface area contributed by atoms with Crippen molar-refractivity contribution in [3.63, 3.8) is 0 Å². The lowest BCUT2D eigenvalue weighted by Crippen LogP contribution is -2.56. The van der Waals surface area contributed by atoms with E-state index in [0.717, 1.165) is 11.2 Å². The Morgan fingerprint density at radius 1 is 0.557 bits per heavy atom. The topological polar surface area (TPSA) is 21.3 Å². The number of anilines is 3. The molecule has 2 aromatic heterocycles. The van der Waals surface area contributed by atoms with Gasteiger partial charge in [-0.3, -0.25) is 0 Å². The van der Waals surface area contributed by atoms with E-state index in [4.69, 9.17) is 4.42 Å². The standard InChI is InChI=1S/C57H65BN2O/c1-32-24-37-39-28-34(53(5,6)7)27-38-36-26-33(52(2,3)4)16-19-45(36)60(49(38)39)58-48(37)46(25-32)59(35-17-18-41-42(29-35)55(10,11)21-20-54(41,8)9)50-40-30-43-44(31-47(40)61-51(50)58)57(14,15)23-22-56(43,12)13/h16-19,24-31H,20-23H2,1-15H3. The highest BCUT2D eigenvalue weighted by atomic mass is 16.3. The van der Waals surface area contributed by atoms with Gasteiger partial charge >= 0.3 is 6.85 Å². The van der Waals surface area contributed by atoms with E-state index in [0.29, 0.717) is 0 Å². The highest BCUT2D eigenvalue weighted by molar-refractivity contribution is 6.89. The van der Waals surface area contributed by atoms with E-state index in [1.54, 1.807) is 0 Å². The quantitative estimate of drug-likeness (QED) is 0.154. The monoisotopic (exact) mass is 805 g/mol. The summed E-state index contributed by atoms with van der Waals surface area (Å²) in [7, 11) is 0. The molecule has 61 heavy (non-hydrogen) atoms. The van der Waals surface area contributed by atoms with Crippen LogP contribution in [0.4, 0.5) is 17.1 Å². The van der Waals surface area contributed by atoms with Crippen LogP contribution in [0.5, 0.6) is 0 Å². The molecule has 3 nitrogen and oxygen atoms in total. The van der Waals surface area contributed by atoms with E-state index in [1.807, 2.05) is 0 Å². The smallest absolute Gasteiger partial charge is 0.375 e. The van der Waals surface area contributed by atoms with Crippen LogP contribution in [0.3, 0.4) is 0 Å². The Hall–Kier alpha value is -4.70. The van der Waals surface area contributed by atoms with Crippen molar-refractivity contribution in [1.82, 2.24) is 4.48 Å². The largest absolute Gasteiger partial charge is 0.466 e. The third-order valence-electron chi connectivity index (χ3n) is 16.2. The molecule has 4 heteroatoms.